The molecule has 3 aromatic carbocycles. The average molecular weight is 418 g/mol. The molecule has 0 aliphatic rings. The molecule has 30 heavy (non-hydrogen) atoms. The third kappa shape index (κ3) is 3.77. The summed E-state index contributed by atoms with van der Waals surface area (Å²) in [6.45, 7) is 1.35. The van der Waals surface area contributed by atoms with E-state index in [0.717, 1.165) is 20.5 Å². The number of benzene rings is 3. The molecule has 5 nitrogen and oxygen atoms in total. The summed E-state index contributed by atoms with van der Waals surface area (Å²) in [5.74, 6) is 0.739. The molecular weight excluding hydrogens is 400 g/mol. The molecule has 0 saturated carbocycles. The second-order valence-electron chi connectivity index (χ2n) is 6.66. The molecule has 0 radical (unpaired) electrons. The van der Waals surface area contributed by atoms with E-state index in [9.17, 15) is 14.7 Å². The highest BCUT2D eigenvalue weighted by Crippen LogP contribution is 2.41. The maximum absolute atomic E-state index is 13.4. The topological polar surface area (TPSA) is 72.8 Å². The van der Waals surface area contributed by atoms with Gasteiger partial charge in [0, 0.05) is 33.0 Å². The zero-order valence-corrected chi connectivity index (χ0v) is 17.2. The SMILES string of the molecule is COc1ccc2c(C(=O)c3ccc(O)cc3)c(-c3ccc(OC(C)=O)cc3)sc2c1. The number of ether oxygens (including phenoxy) is 2. The third-order valence-corrected chi connectivity index (χ3v) is 5.83. The van der Waals surface area contributed by atoms with Gasteiger partial charge in [0.05, 0.1) is 7.11 Å². The largest absolute Gasteiger partial charge is 0.508 e. The number of carbonyl (C=O) groups excluding carboxylic acids is 2. The summed E-state index contributed by atoms with van der Waals surface area (Å²) >= 11 is 1.49. The van der Waals surface area contributed by atoms with Crippen LogP contribution in [0.1, 0.15) is 22.8 Å². The minimum absolute atomic E-state index is 0.104. The molecule has 1 aromatic heterocycles. The number of hydrogen-bond donors (Lipinski definition) is 1. The molecule has 0 aliphatic carbocycles. The molecule has 0 unspecified atom stereocenters. The van der Waals surface area contributed by atoms with Gasteiger partial charge < -0.3 is 14.6 Å². The maximum Gasteiger partial charge on any atom is 0.308 e. The number of hydrogen-bond acceptors (Lipinski definition) is 6. The van der Waals surface area contributed by atoms with E-state index in [4.69, 9.17) is 9.47 Å². The number of rotatable bonds is 5. The van der Waals surface area contributed by atoms with Gasteiger partial charge in [-0.25, -0.2) is 0 Å². The van der Waals surface area contributed by atoms with E-state index >= 15 is 0 Å². The second kappa shape index (κ2) is 8.00. The molecule has 6 heteroatoms. The summed E-state index contributed by atoms with van der Waals surface area (Å²) in [5, 5.41) is 10.4. The normalized spacial score (nSPS) is 10.7. The Morgan fingerprint density at radius 1 is 0.900 bits per heavy atom. The quantitative estimate of drug-likeness (QED) is 0.265. The number of ketones is 1. The van der Waals surface area contributed by atoms with Crippen LogP contribution in [0.4, 0.5) is 0 Å². The molecule has 0 spiro atoms. The van der Waals surface area contributed by atoms with Crippen molar-refractivity contribution in [1.82, 2.24) is 0 Å². The van der Waals surface area contributed by atoms with Crippen LogP contribution < -0.4 is 9.47 Å². The standard InChI is InChI=1S/C24H18O5S/c1-14(25)29-18-9-5-16(6-10-18)24-22(23(27)15-3-7-17(26)8-4-15)20-12-11-19(28-2)13-21(20)30-24/h3-13,26H,1-2H3. The number of thiophene rings is 1. The van der Waals surface area contributed by atoms with Gasteiger partial charge in [-0.3, -0.25) is 9.59 Å². The van der Waals surface area contributed by atoms with Crippen molar-refractivity contribution in [2.45, 2.75) is 6.92 Å². The van der Waals surface area contributed by atoms with Crippen molar-refractivity contribution in [1.29, 1.82) is 0 Å². The zero-order valence-electron chi connectivity index (χ0n) is 16.3. The summed E-state index contributed by atoms with van der Waals surface area (Å²) in [5.41, 5.74) is 1.91. The first-order valence-corrected chi connectivity index (χ1v) is 10.0. The van der Waals surface area contributed by atoms with Crippen molar-refractivity contribution in [3.05, 3.63) is 77.9 Å². The van der Waals surface area contributed by atoms with Gasteiger partial charge in [-0.05, 0) is 72.3 Å². The van der Waals surface area contributed by atoms with Crippen molar-refractivity contribution in [3.8, 4) is 27.7 Å². The minimum atomic E-state index is -0.389. The Morgan fingerprint density at radius 2 is 1.57 bits per heavy atom. The van der Waals surface area contributed by atoms with Gasteiger partial charge in [-0.15, -0.1) is 11.3 Å². The van der Waals surface area contributed by atoms with Gasteiger partial charge in [-0.2, -0.15) is 0 Å². The molecule has 1 N–H and O–H groups in total. The maximum atomic E-state index is 13.4. The van der Waals surface area contributed by atoms with Crippen LogP contribution >= 0.6 is 11.3 Å². The van der Waals surface area contributed by atoms with Crippen molar-refractivity contribution in [3.63, 3.8) is 0 Å². The lowest BCUT2D eigenvalue weighted by Crippen LogP contribution is -2.02. The Kier molecular flexibility index (Phi) is 5.25. The Bertz CT molecular complexity index is 1240. The molecule has 0 atom stereocenters. The van der Waals surface area contributed by atoms with Crippen LogP contribution in [0.3, 0.4) is 0 Å². The molecule has 1 heterocycles. The number of phenols is 1. The summed E-state index contributed by atoms with van der Waals surface area (Å²) in [6, 6.07) is 18.9. The molecule has 4 aromatic rings. The number of carbonyl (C=O) groups is 2. The van der Waals surface area contributed by atoms with Crippen LogP contribution in [-0.2, 0) is 4.79 Å². The smallest absolute Gasteiger partial charge is 0.308 e. The first kappa shape index (κ1) is 19.7. The summed E-state index contributed by atoms with van der Waals surface area (Å²) < 4.78 is 11.4. The molecule has 0 fully saturated rings. The lowest BCUT2D eigenvalue weighted by atomic mass is 9.97. The third-order valence-electron chi connectivity index (χ3n) is 4.63. The molecule has 0 amide bonds. The highest BCUT2D eigenvalue weighted by molar-refractivity contribution is 7.22. The zero-order chi connectivity index (χ0) is 21.3. The van der Waals surface area contributed by atoms with Gasteiger partial charge in [-0.1, -0.05) is 0 Å². The minimum Gasteiger partial charge on any atom is -0.508 e. The lowest BCUT2D eigenvalue weighted by molar-refractivity contribution is -0.131. The van der Waals surface area contributed by atoms with Crippen LogP contribution in [0.25, 0.3) is 20.5 Å². The molecule has 150 valence electrons. The first-order chi connectivity index (χ1) is 14.5. The predicted molar refractivity (Wildman–Crippen MR) is 117 cm³/mol. The van der Waals surface area contributed by atoms with E-state index in [1.165, 1.54) is 30.4 Å². The monoisotopic (exact) mass is 418 g/mol. The molecule has 0 saturated heterocycles. The van der Waals surface area contributed by atoms with Crippen LogP contribution in [-0.4, -0.2) is 24.0 Å². The van der Waals surface area contributed by atoms with Crippen molar-refractivity contribution in [2.24, 2.45) is 0 Å². The molecule has 4 rings (SSSR count). The number of methoxy groups -OCH3 is 1. The summed E-state index contributed by atoms with van der Waals surface area (Å²) in [6.07, 6.45) is 0. The fraction of sp³-hybridized carbons (Fsp3) is 0.0833. The van der Waals surface area contributed by atoms with E-state index in [0.29, 0.717) is 22.6 Å². The Labute approximate surface area is 177 Å². The van der Waals surface area contributed by atoms with Crippen LogP contribution in [0, 0.1) is 0 Å². The average Bonchev–Trinajstić information content (AvgIpc) is 3.12. The van der Waals surface area contributed by atoms with Crippen molar-refractivity contribution >= 4 is 33.2 Å². The van der Waals surface area contributed by atoms with Crippen LogP contribution in [0.15, 0.2) is 66.7 Å². The van der Waals surface area contributed by atoms with E-state index in [-0.39, 0.29) is 17.5 Å². The van der Waals surface area contributed by atoms with Gasteiger partial charge in [0.15, 0.2) is 5.78 Å². The van der Waals surface area contributed by atoms with E-state index in [1.807, 2.05) is 30.3 Å². The summed E-state index contributed by atoms with van der Waals surface area (Å²) in [4.78, 5) is 25.4. The Morgan fingerprint density at radius 3 is 2.20 bits per heavy atom. The number of fused-ring (bicyclic) bond motifs is 1. The van der Waals surface area contributed by atoms with Crippen molar-refractivity contribution < 1.29 is 24.2 Å². The highest BCUT2D eigenvalue weighted by atomic mass is 32.1. The fourth-order valence-electron chi connectivity index (χ4n) is 3.23. The molecule has 0 aliphatic heterocycles. The number of aromatic hydroxyl groups is 1. The summed E-state index contributed by atoms with van der Waals surface area (Å²) in [7, 11) is 1.60. The Hall–Kier alpha value is -3.64. The first-order valence-electron chi connectivity index (χ1n) is 9.19. The van der Waals surface area contributed by atoms with E-state index < -0.39 is 0 Å². The lowest BCUT2D eigenvalue weighted by Gasteiger charge is -2.07. The predicted octanol–water partition coefficient (Wildman–Crippen LogP) is 5.44. The second-order valence-corrected chi connectivity index (χ2v) is 7.71. The van der Waals surface area contributed by atoms with Gasteiger partial charge >= 0.3 is 5.97 Å². The molecule has 0 bridgehead atoms. The Balaban J connectivity index is 1.87. The number of phenolic OH excluding ortho intramolecular Hbond substituents is 1. The van der Waals surface area contributed by atoms with Crippen LogP contribution in [0.5, 0.6) is 17.2 Å². The van der Waals surface area contributed by atoms with Gasteiger partial charge in [0.25, 0.3) is 0 Å². The van der Waals surface area contributed by atoms with E-state index in [1.54, 1.807) is 31.4 Å². The van der Waals surface area contributed by atoms with E-state index in [2.05, 4.69) is 0 Å². The van der Waals surface area contributed by atoms with Crippen LogP contribution in [0.2, 0.25) is 0 Å². The fourth-order valence-corrected chi connectivity index (χ4v) is 4.46. The van der Waals surface area contributed by atoms with Crippen molar-refractivity contribution in [2.75, 3.05) is 7.11 Å². The van der Waals surface area contributed by atoms with Gasteiger partial charge in [0.1, 0.15) is 17.2 Å². The number of esters is 1. The molecular formula is C24H18O5S. The van der Waals surface area contributed by atoms with Gasteiger partial charge in [0.2, 0.25) is 0 Å². The highest BCUT2D eigenvalue weighted by Gasteiger charge is 2.22.